The average Bonchev–Trinajstić information content (AvgIpc) is 3.43. The zero-order chi connectivity index (χ0) is 51.2. The second-order valence-electron chi connectivity index (χ2n) is 17.5. The van der Waals surface area contributed by atoms with Crippen LogP contribution >= 0.6 is 0 Å². The molecule has 0 aromatic heterocycles. The number of hydrogen-bond donors (Lipinski definition) is 0. The van der Waals surface area contributed by atoms with Crippen molar-refractivity contribution >= 4 is 34.4 Å². The zero-order valence-corrected chi connectivity index (χ0v) is 42.0. The third-order valence-corrected chi connectivity index (χ3v) is 12.7. The van der Waals surface area contributed by atoms with Crippen LogP contribution < -0.4 is 18.9 Å². The molecular weight excluding hydrogens is 961 g/mol. The van der Waals surface area contributed by atoms with Gasteiger partial charge in [0.2, 0.25) is 0 Å². The molecule has 0 bridgehead atoms. The molecule has 0 spiro atoms. The molecule has 20 heteroatoms. The highest BCUT2D eigenvalue weighted by Crippen LogP contribution is 2.38. The first kappa shape index (κ1) is 54.5. The van der Waals surface area contributed by atoms with E-state index in [-0.39, 0.29) is 35.3 Å². The topological polar surface area (TPSA) is 192 Å². The highest BCUT2D eigenvalue weighted by Gasteiger charge is 2.39. The van der Waals surface area contributed by atoms with E-state index in [1.54, 1.807) is 24.3 Å². The number of para-hydroxylation sites is 4. The summed E-state index contributed by atoms with van der Waals surface area (Å²) in [5.41, 5.74) is 1.04. The first-order valence-electron chi connectivity index (χ1n) is 25.6. The lowest BCUT2D eigenvalue weighted by Crippen LogP contribution is -2.47. The van der Waals surface area contributed by atoms with Gasteiger partial charge in [0.15, 0.2) is 23.0 Å². The standard InChI is InChI=1S/C54H68N4O16/c59-51-41-9-11-43-50-44(54(62)58(53(43)61)16-14-56-19-23-65-27-31-69-35-39-73-47-7-3-4-8-48(47)74-40-36-70-32-28-66-24-20-56)12-10-42(49(41)50)52(60)57(51)15-13-55-17-21-63-25-29-67-33-37-71-45-5-1-2-6-46(45)72-38-34-68-30-26-64-22-18-55/h1-12H,13-40H2. The summed E-state index contributed by atoms with van der Waals surface area (Å²) in [6.07, 6.45) is 0. The first-order chi connectivity index (χ1) is 36.5. The number of carbonyl (C=O) groups excluding carboxylic acids is 4. The Balaban J connectivity index is 0.843. The molecule has 0 saturated heterocycles. The molecule has 0 atom stereocenters. The number of nitrogens with zero attached hydrogens (tertiary/aromatic N) is 4. The molecule has 4 amide bonds. The highest BCUT2D eigenvalue weighted by atomic mass is 16.6. The normalized spacial score (nSPS) is 20.1. The summed E-state index contributed by atoms with van der Waals surface area (Å²) in [5, 5.41) is 0.642. The monoisotopic (exact) mass is 1030 g/mol. The summed E-state index contributed by atoms with van der Waals surface area (Å²) in [6.45, 7) is 10.4. The summed E-state index contributed by atoms with van der Waals surface area (Å²) in [6, 6.07) is 21.3. The molecule has 8 rings (SSSR count). The van der Waals surface area contributed by atoms with E-state index in [0.717, 1.165) is 0 Å². The minimum absolute atomic E-state index is 0.0942. The van der Waals surface area contributed by atoms with Gasteiger partial charge in [-0.2, -0.15) is 0 Å². The van der Waals surface area contributed by atoms with Gasteiger partial charge in [-0.1, -0.05) is 24.3 Å². The molecule has 74 heavy (non-hydrogen) atoms. The van der Waals surface area contributed by atoms with E-state index in [4.69, 9.17) is 56.8 Å². The molecule has 4 aromatic carbocycles. The summed E-state index contributed by atoms with van der Waals surface area (Å²) in [5.74, 6) is 0.560. The molecule has 4 heterocycles. The Morgan fingerprint density at radius 2 is 0.514 bits per heavy atom. The summed E-state index contributed by atoms with van der Waals surface area (Å²) in [4.78, 5) is 63.5. The van der Waals surface area contributed by atoms with Gasteiger partial charge in [-0.3, -0.25) is 38.8 Å². The fourth-order valence-corrected chi connectivity index (χ4v) is 8.82. The van der Waals surface area contributed by atoms with Gasteiger partial charge in [0.1, 0.15) is 26.4 Å². The number of imide groups is 2. The van der Waals surface area contributed by atoms with Gasteiger partial charge in [-0.05, 0) is 48.5 Å². The van der Waals surface area contributed by atoms with Crippen LogP contribution in [-0.4, -0.2) is 228 Å². The maximum absolute atomic E-state index is 14.2. The summed E-state index contributed by atoms with van der Waals surface area (Å²) >= 11 is 0. The molecule has 0 N–H and O–H groups in total. The maximum atomic E-state index is 14.2. The number of fused-ring (bicyclic) bond motifs is 2. The Morgan fingerprint density at radius 3 is 0.770 bits per heavy atom. The van der Waals surface area contributed by atoms with Crippen LogP contribution in [0.2, 0.25) is 0 Å². The van der Waals surface area contributed by atoms with Crippen LogP contribution in [-0.2, 0) is 37.9 Å². The molecule has 4 aliphatic rings. The number of rotatable bonds is 6. The van der Waals surface area contributed by atoms with E-state index >= 15 is 0 Å². The Morgan fingerprint density at radius 1 is 0.284 bits per heavy atom. The molecule has 0 aliphatic carbocycles. The Hall–Kier alpha value is -5.78. The predicted octanol–water partition coefficient (Wildman–Crippen LogP) is 3.71. The largest absolute Gasteiger partial charge is 0.487 e. The highest BCUT2D eigenvalue weighted by molar-refractivity contribution is 6.33. The van der Waals surface area contributed by atoms with Gasteiger partial charge < -0.3 is 56.8 Å². The van der Waals surface area contributed by atoms with Crippen LogP contribution in [0.3, 0.4) is 0 Å². The molecule has 400 valence electrons. The van der Waals surface area contributed by atoms with E-state index in [2.05, 4.69) is 9.80 Å². The third kappa shape index (κ3) is 15.2. The fourth-order valence-electron chi connectivity index (χ4n) is 8.82. The lowest BCUT2D eigenvalue weighted by molar-refractivity contribution is 0.0170. The molecular formula is C54H68N4O16. The lowest BCUT2D eigenvalue weighted by atomic mass is 9.86. The van der Waals surface area contributed by atoms with Gasteiger partial charge in [0.05, 0.1) is 106 Å². The summed E-state index contributed by atoms with van der Waals surface area (Å²) < 4.78 is 69.9. The van der Waals surface area contributed by atoms with Gasteiger partial charge in [0, 0.05) is 85.4 Å². The average molecular weight is 1030 g/mol. The second-order valence-corrected chi connectivity index (χ2v) is 17.5. The zero-order valence-electron chi connectivity index (χ0n) is 42.0. The molecule has 4 aromatic rings. The Kier molecular flexibility index (Phi) is 21.6. The molecule has 0 saturated carbocycles. The smallest absolute Gasteiger partial charge is 0.261 e. The first-order valence-corrected chi connectivity index (χ1v) is 25.6. The maximum Gasteiger partial charge on any atom is 0.261 e. The molecule has 4 aliphatic heterocycles. The van der Waals surface area contributed by atoms with Crippen molar-refractivity contribution in [1.82, 2.24) is 19.6 Å². The van der Waals surface area contributed by atoms with Gasteiger partial charge >= 0.3 is 0 Å². The Bertz CT molecular complexity index is 2140. The van der Waals surface area contributed by atoms with Crippen LogP contribution in [0.25, 0.3) is 10.8 Å². The van der Waals surface area contributed by atoms with E-state index in [1.165, 1.54) is 9.80 Å². The van der Waals surface area contributed by atoms with E-state index in [0.29, 0.717) is 205 Å². The van der Waals surface area contributed by atoms with Crippen LogP contribution in [0, 0.1) is 0 Å². The van der Waals surface area contributed by atoms with Crippen LogP contribution in [0.4, 0.5) is 0 Å². The Labute approximate surface area is 431 Å². The molecule has 0 radical (unpaired) electrons. The number of benzene rings is 4. The fraction of sp³-hybridized carbons (Fsp3) is 0.519. The third-order valence-electron chi connectivity index (χ3n) is 12.7. The van der Waals surface area contributed by atoms with Crippen molar-refractivity contribution in [2.24, 2.45) is 0 Å². The van der Waals surface area contributed by atoms with Crippen molar-refractivity contribution in [3.63, 3.8) is 0 Å². The minimum atomic E-state index is -0.493. The second kappa shape index (κ2) is 29.3. The van der Waals surface area contributed by atoms with Crippen molar-refractivity contribution in [2.75, 3.05) is 184 Å². The van der Waals surface area contributed by atoms with Crippen molar-refractivity contribution in [3.8, 4) is 23.0 Å². The van der Waals surface area contributed by atoms with Gasteiger partial charge in [-0.25, -0.2) is 0 Å². The van der Waals surface area contributed by atoms with E-state index in [1.807, 2.05) is 48.5 Å². The molecule has 0 unspecified atom stereocenters. The van der Waals surface area contributed by atoms with Crippen LogP contribution in [0.5, 0.6) is 23.0 Å². The lowest BCUT2D eigenvalue weighted by Gasteiger charge is -2.33. The minimum Gasteiger partial charge on any atom is -0.487 e. The predicted molar refractivity (Wildman–Crippen MR) is 269 cm³/mol. The van der Waals surface area contributed by atoms with Crippen LogP contribution in [0.1, 0.15) is 41.4 Å². The number of hydrogen-bond acceptors (Lipinski definition) is 18. The van der Waals surface area contributed by atoms with E-state index < -0.39 is 23.6 Å². The molecule has 0 fully saturated rings. The number of amides is 4. The van der Waals surface area contributed by atoms with Crippen molar-refractivity contribution in [2.45, 2.75) is 0 Å². The SMILES string of the molecule is O=C1c2ccc3c4c(ccc(c24)C(=O)N1CCN1CCOCCOCCOc2ccccc2OCCOCCOCC1)C(=O)N(CCN1CCOCCOCCOc2ccccc2OCCOCCOCC1)C3=O. The molecule has 20 nitrogen and oxygen atoms in total. The van der Waals surface area contributed by atoms with Crippen molar-refractivity contribution in [1.29, 1.82) is 0 Å². The summed E-state index contributed by atoms with van der Waals surface area (Å²) in [7, 11) is 0. The number of ether oxygens (including phenoxy) is 12. The quantitative estimate of drug-likeness (QED) is 0.254. The van der Waals surface area contributed by atoms with Crippen LogP contribution in [0.15, 0.2) is 72.8 Å². The van der Waals surface area contributed by atoms with E-state index in [9.17, 15) is 19.2 Å². The number of carbonyl (C=O) groups is 4. The van der Waals surface area contributed by atoms with Gasteiger partial charge in [0.25, 0.3) is 23.6 Å². The van der Waals surface area contributed by atoms with Crippen molar-refractivity contribution in [3.05, 3.63) is 95.1 Å². The van der Waals surface area contributed by atoms with Gasteiger partial charge in [-0.15, -0.1) is 0 Å². The van der Waals surface area contributed by atoms with Crippen molar-refractivity contribution < 1.29 is 76.0 Å².